The maximum atomic E-state index is 15.2. The van der Waals surface area contributed by atoms with E-state index in [0.717, 1.165) is 22.4 Å². The maximum Gasteiger partial charge on any atom is 0.256 e. The van der Waals surface area contributed by atoms with Crippen molar-refractivity contribution in [2.45, 2.75) is 52.4 Å². The minimum Gasteiger partial charge on any atom is -0.872 e. The molecule has 0 atom stereocenters. The molecule has 1 aliphatic heterocycles. The first-order valence-electron chi connectivity index (χ1n) is 17.0. The lowest BCUT2D eigenvalue weighted by Crippen LogP contribution is -2.33. The van der Waals surface area contributed by atoms with Gasteiger partial charge < -0.3 is 14.5 Å². The molecule has 0 fully saturated rings. The second kappa shape index (κ2) is 12.3. The summed E-state index contributed by atoms with van der Waals surface area (Å²) in [5, 5.41) is 15.3. The van der Waals surface area contributed by atoms with E-state index in [0.29, 0.717) is 44.2 Å². The molecule has 0 spiro atoms. The average Bonchev–Trinajstić information content (AvgIpc) is 3.26. The zero-order chi connectivity index (χ0) is 35.4. The SMILES string of the molecule is CC(C)(C)c1cc(C(c2c3cccccc-3n(-c3ccccc3)c2=O)=c2c(=O)n(-c3ccccc3)c3[c-]2C=CC=CC=3)cc(C(C)(C)C)c1[O-]. The summed E-state index contributed by atoms with van der Waals surface area (Å²) >= 11 is 0. The van der Waals surface area contributed by atoms with E-state index < -0.39 is 10.8 Å². The quantitative estimate of drug-likeness (QED) is 0.190. The Kier molecular flexibility index (Phi) is 8.02. The molecule has 0 bridgehead atoms. The first-order chi connectivity index (χ1) is 23.9. The minimum atomic E-state index is -0.506. The van der Waals surface area contributed by atoms with Crippen molar-refractivity contribution in [1.82, 2.24) is 9.13 Å². The lowest BCUT2D eigenvalue weighted by molar-refractivity contribution is -0.271. The molecule has 0 amide bonds. The number of allylic oxidation sites excluding steroid dienone is 3. The molecular weight excluding hydrogens is 617 g/mol. The third-order valence-electron chi connectivity index (χ3n) is 9.41. The van der Waals surface area contributed by atoms with Gasteiger partial charge in [-0.3, -0.25) is 9.36 Å². The van der Waals surface area contributed by atoms with Crippen molar-refractivity contribution in [3.05, 3.63) is 180 Å². The number of nitrogens with zero attached hydrogens (tertiary/aromatic N) is 2. The first-order valence-corrected chi connectivity index (χ1v) is 17.0. The summed E-state index contributed by atoms with van der Waals surface area (Å²) in [5.74, 6) is -0.0194. The molecular formula is C45H40N2O3-2. The van der Waals surface area contributed by atoms with Gasteiger partial charge in [-0.2, -0.15) is 0 Å². The van der Waals surface area contributed by atoms with Crippen LogP contribution < -0.4 is 26.8 Å². The van der Waals surface area contributed by atoms with Crippen LogP contribution in [0.2, 0.25) is 0 Å². The zero-order valence-corrected chi connectivity index (χ0v) is 29.3. The van der Waals surface area contributed by atoms with E-state index in [1.165, 1.54) is 0 Å². The fraction of sp³-hybridized carbons (Fsp3) is 0.178. The van der Waals surface area contributed by atoms with Crippen LogP contribution in [0.4, 0.5) is 0 Å². The first kappa shape index (κ1) is 32.7. The standard InChI is InChI=1S/C45H41N2O3/c1-44(2,3)34-27-29(28-35(41(34)48)45(4,5)6)38(39-32-23-15-9-17-25-36(32)46(42(39)49)30-19-11-7-12-20-30)40-33-24-16-10-18-26-37(33)47(43(40)50)31-21-13-8-14-22-31/h7-28,48H,1-6H3/q-1/p-1. The van der Waals surface area contributed by atoms with Crippen molar-refractivity contribution in [2.24, 2.45) is 0 Å². The molecule has 2 aliphatic carbocycles. The minimum absolute atomic E-state index is 0.0194. The number of para-hydroxylation sites is 2. The van der Waals surface area contributed by atoms with E-state index in [1.54, 1.807) is 9.13 Å². The second-order valence-electron chi connectivity index (χ2n) is 14.9. The molecule has 0 saturated heterocycles. The lowest BCUT2D eigenvalue weighted by atomic mass is 9.77. The van der Waals surface area contributed by atoms with Crippen molar-refractivity contribution >= 4 is 17.7 Å². The Hall–Kier alpha value is -5.81. The van der Waals surface area contributed by atoms with Crippen molar-refractivity contribution < 1.29 is 5.11 Å². The molecule has 0 radical (unpaired) electrons. The Morgan fingerprint density at radius 1 is 0.640 bits per heavy atom. The average molecular weight is 657 g/mol. The predicted molar refractivity (Wildman–Crippen MR) is 203 cm³/mol. The van der Waals surface area contributed by atoms with Crippen molar-refractivity contribution in [3.8, 4) is 28.4 Å². The Bertz CT molecular complexity index is 2490. The second-order valence-corrected chi connectivity index (χ2v) is 14.9. The molecule has 0 unspecified atom stereocenters. The van der Waals surface area contributed by atoms with Crippen LogP contribution in [0.15, 0.2) is 131 Å². The van der Waals surface area contributed by atoms with Gasteiger partial charge in [0.25, 0.3) is 5.56 Å². The number of aromatic nitrogens is 2. The molecule has 5 nitrogen and oxygen atoms in total. The van der Waals surface area contributed by atoms with Gasteiger partial charge in [-0.15, -0.1) is 30.1 Å². The van der Waals surface area contributed by atoms with Crippen LogP contribution in [0.3, 0.4) is 0 Å². The molecule has 3 aromatic carbocycles. The number of hydrogen-bond acceptors (Lipinski definition) is 3. The Morgan fingerprint density at radius 2 is 1.18 bits per heavy atom. The van der Waals surface area contributed by atoms with Crippen LogP contribution >= 0.6 is 0 Å². The molecule has 0 N–H and O–H groups in total. The summed E-state index contributed by atoms with van der Waals surface area (Å²) in [6, 6.07) is 32.7. The van der Waals surface area contributed by atoms with E-state index in [2.05, 4.69) is 0 Å². The molecule has 2 heterocycles. The fourth-order valence-electron chi connectivity index (χ4n) is 7.01. The van der Waals surface area contributed by atoms with Crippen molar-refractivity contribution in [2.75, 3.05) is 0 Å². The van der Waals surface area contributed by atoms with Crippen LogP contribution in [0.5, 0.6) is 5.75 Å². The van der Waals surface area contributed by atoms with Gasteiger partial charge in [0.1, 0.15) is 0 Å². The summed E-state index contributed by atoms with van der Waals surface area (Å²) in [7, 11) is 0. The van der Waals surface area contributed by atoms with E-state index in [4.69, 9.17) is 0 Å². The lowest BCUT2D eigenvalue weighted by Gasteiger charge is -2.34. The summed E-state index contributed by atoms with van der Waals surface area (Å²) in [4.78, 5) is 30.3. The Morgan fingerprint density at radius 3 is 1.76 bits per heavy atom. The van der Waals surface area contributed by atoms with Crippen LogP contribution in [-0.2, 0) is 10.8 Å². The van der Waals surface area contributed by atoms with Gasteiger partial charge in [-0.25, -0.2) is 0 Å². The van der Waals surface area contributed by atoms with Crippen LogP contribution in [-0.4, -0.2) is 9.13 Å². The smallest absolute Gasteiger partial charge is 0.256 e. The molecule has 5 heteroatoms. The Labute approximate surface area is 292 Å². The summed E-state index contributed by atoms with van der Waals surface area (Å²) < 4.78 is 3.45. The number of hydrogen-bond donors (Lipinski definition) is 0. The Balaban J connectivity index is 1.78. The molecule has 250 valence electrons. The highest BCUT2D eigenvalue weighted by molar-refractivity contribution is 5.91. The highest BCUT2D eigenvalue weighted by atomic mass is 16.3. The summed E-state index contributed by atoms with van der Waals surface area (Å²) in [6.45, 7) is 12.2. The molecule has 7 rings (SSSR count). The van der Waals surface area contributed by atoms with Crippen molar-refractivity contribution in [3.63, 3.8) is 0 Å². The third-order valence-corrected chi connectivity index (χ3v) is 9.41. The number of rotatable bonds is 4. The summed E-state index contributed by atoms with van der Waals surface area (Å²) in [5.41, 5.74) is 4.92. The van der Waals surface area contributed by atoms with Crippen LogP contribution in [0.25, 0.3) is 40.4 Å². The van der Waals surface area contributed by atoms with Gasteiger partial charge >= 0.3 is 0 Å². The zero-order valence-electron chi connectivity index (χ0n) is 29.3. The topological polar surface area (TPSA) is 67.1 Å². The van der Waals surface area contributed by atoms with Crippen LogP contribution in [0, 0.1) is 0 Å². The normalized spacial score (nSPS) is 13.6. The largest absolute Gasteiger partial charge is 0.872 e. The van der Waals surface area contributed by atoms with E-state index in [9.17, 15) is 5.11 Å². The fourth-order valence-corrected chi connectivity index (χ4v) is 7.01. The highest BCUT2D eigenvalue weighted by Crippen LogP contribution is 2.41. The highest BCUT2D eigenvalue weighted by Gasteiger charge is 2.28. The van der Waals surface area contributed by atoms with Crippen LogP contribution in [0.1, 0.15) is 69.4 Å². The third kappa shape index (κ3) is 5.49. The van der Waals surface area contributed by atoms with Gasteiger partial charge in [0.05, 0.1) is 5.69 Å². The molecule has 50 heavy (non-hydrogen) atoms. The molecule has 0 saturated carbocycles. The van der Waals surface area contributed by atoms with Crippen molar-refractivity contribution in [1.29, 1.82) is 0 Å². The van der Waals surface area contributed by atoms with E-state index in [1.807, 2.05) is 175 Å². The maximum absolute atomic E-state index is 15.2. The van der Waals surface area contributed by atoms with Gasteiger partial charge in [0, 0.05) is 22.5 Å². The summed E-state index contributed by atoms with van der Waals surface area (Å²) in [6.07, 6.45) is 9.67. The molecule has 3 aliphatic rings. The molecule has 4 aromatic rings. The number of fused-ring (bicyclic) bond motifs is 2. The van der Waals surface area contributed by atoms with Gasteiger partial charge in [-0.05, 0) is 57.3 Å². The van der Waals surface area contributed by atoms with Gasteiger partial charge in [0.2, 0.25) is 0 Å². The monoisotopic (exact) mass is 656 g/mol. The predicted octanol–water partition coefficient (Wildman–Crippen LogP) is 7.09. The number of benzene rings is 3. The van der Waals surface area contributed by atoms with E-state index >= 15 is 9.59 Å². The van der Waals surface area contributed by atoms with Gasteiger partial charge in [-0.1, -0.05) is 143 Å². The van der Waals surface area contributed by atoms with E-state index in [-0.39, 0.29) is 16.9 Å². The van der Waals surface area contributed by atoms with Gasteiger partial charge in [0.15, 0.2) is 5.56 Å². The molecule has 1 aromatic heterocycles.